The Labute approximate surface area is 202 Å². The number of aliphatic carboxylic acids is 1. The van der Waals surface area contributed by atoms with Crippen LogP contribution < -0.4 is 0 Å². The van der Waals surface area contributed by atoms with E-state index < -0.39 is 5.97 Å². The molecular weight excluding hydrogens is 392 g/mol. The van der Waals surface area contributed by atoms with Gasteiger partial charge in [0.05, 0.1) is 0 Å². The Balaban J connectivity index is 3.71. The van der Waals surface area contributed by atoms with Gasteiger partial charge >= 0.3 is 5.97 Å². The molecule has 2 nitrogen and oxygen atoms in total. The molecule has 0 radical (unpaired) electrons. The van der Waals surface area contributed by atoms with Crippen molar-refractivity contribution in [1.82, 2.24) is 0 Å². The first-order chi connectivity index (χ1) is 15.7. The van der Waals surface area contributed by atoms with E-state index in [1.165, 1.54) is 141 Å². The van der Waals surface area contributed by atoms with Gasteiger partial charge in [-0.15, -0.1) is 0 Å². The second-order valence-corrected chi connectivity index (χ2v) is 10.1. The summed E-state index contributed by atoms with van der Waals surface area (Å²) in [4.78, 5) is 11.0. The molecule has 0 aliphatic heterocycles. The lowest BCUT2D eigenvalue weighted by Crippen LogP contribution is -2.05. The van der Waals surface area contributed by atoms with Gasteiger partial charge in [-0.2, -0.15) is 0 Å². The van der Waals surface area contributed by atoms with Crippen LogP contribution in [0.2, 0.25) is 0 Å². The van der Waals surface area contributed by atoms with Gasteiger partial charge in [0, 0.05) is 6.42 Å². The van der Waals surface area contributed by atoms with Gasteiger partial charge in [-0.25, -0.2) is 0 Å². The molecule has 0 rings (SSSR count). The van der Waals surface area contributed by atoms with Crippen LogP contribution in [0.3, 0.4) is 0 Å². The van der Waals surface area contributed by atoms with E-state index in [4.69, 9.17) is 5.11 Å². The summed E-state index contributed by atoms with van der Waals surface area (Å²) in [5, 5.41) is 9.07. The Hall–Kier alpha value is -0.790. The third-order valence-corrected chi connectivity index (χ3v) is 6.86. The zero-order valence-corrected chi connectivity index (χ0v) is 22.1. The van der Waals surface area contributed by atoms with E-state index in [9.17, 15) is 4.79 Å². The highest BCUT2D eigenvalue weighted by atomic mass is 16.4. The lowest BCUT2D eigenvalue weighted by atomic mass is 9.90. The van der Waals surface area contributed by atoms with Crippen molar-refractivity contribution in [3.8, 4) is 0 Å². The Kier molecular flexibility index (Phi) is 25.8. The molecule has 0 spiro atoms. The summed E-state index contributed by atoms with van der Waals surface area (Å²) in [6.07, 6.45) is 35.4. The van der Waals surface area contributed by atoms with Crippen LogP contribution in [0.25, 0.3) is 0 Å². The highest BCUT2D eigenvalue weighted by Crippen LogP contribution is 2.23. The number of hydrogen-bond donors (Lipinski definition) is 1. The summed E-state index contributed by atoms with van der Waals surface area (Å²) in [6, 6.07) is 0. The molecule has 190 valence electrons. The van der Waals surface area contributed by atoms with Crippen molar-refractivity contribution in [2.24, 2.45) is 5.92 Å². The topological polar surface area (TPSA) is 37.3 Å². The minimum absolute atomic E-state index is 0.348. The first-order valence-corrected chi connectivity index (χ1v) is 14.6. The zero-order valence-electron chi connectivity index (χ0n) is 22.1. The highest BCUT2D eigenvalue weighted by Gasteiger charge is 2.10. The van der Waals surface area contributed by atoms with Gasteiger partial charge in [0.25, 0.3) is 0 Å². The maximum Gasteiger partial charge on any atom is 0.303 e. The smallest absolute Gasteiger partial charge is 0.303 e. The fourth-order valence-corrected chi connectivity index (χ4v) is 4.65. The minimum Gasteiger partial charge on any atom is -0.481 e. The van der Waals surface area contributed by atoms with Crippen LogP contribution in [0.4, 0.5) is 0 Å². The third kappa shape index (κ3) is 25.5. The lowest BCUT2D eigenvalue weighted by molar-refractivity contribution is -0.137. The average Bonchev–Trinajstić information content (AvgIpc) is 2.78. The number of carbonyl (C=O) groups is 1. The van der Waals surface area contributed by atoms with Crippen LogP contribution in [0.15, 0.2) is 12.2 Å². The molecule has 0 heterocycles. The molecule has 2 heteroatoms. The summed E-state index contributed by atoms with van der Waals surface area (Å²) < 4.78 is 0. The molecule has 0 fully saturated rings. The van der Waals surface area contributed by atoms with Gasteiger partial charge in [-0.1, -0.05) is 142 Å². The Morgan fingerprint density at radius 3 is 1.41 bits per heavy atom. The second-order valence-electron chi connectivity index (χ2n) is 10.1. The van der Waals surface area contributed by atoms with Crippen molar-refractivity contribution < 1.29 is 9.90 Å². The molecule has 0 aromatic rings. The monoisotopic (exact) mass is 450 g/mol. The molecule has 0 aromatic heterocycles. The van der Waals surface area contributed by atoms with E-state index in [-0.39, 0.29) is 0 Å². The van der Waals surface area contributed by atoms with Crippen molar-refractivity contribution in [3.63, 3.8) is 0 Å². The largest absolute Gasteiger partial charge is 0.481 e. The highest BCUT2D eigenvalue weighted by molar-refractivity contribution is 5.66. The molecule has 0 saturated carbocycles. The fourth-order valence-electron chi connectivity index (χ4n) is 4.65. The van der Waals surface area contributed by atoms with E-state index in [1.807, 2.05) is 0 Å². The number of allylic oxidation sites excluding steroid dienone is 2. The molecule has 0 aromatic carbocycles. The summed E-state index contributed by atoms with van der Waals surface area (Å²) in [5.41, 5.74) is 0. The SMILES string of the molecule is CCCCCCCC/C=C\CCCCC(CCCCCCCCCCCC)CCC(=O)O. The van der Waals surface area contributed by atoms with Crippen LogP contribution in [-0.4, -0.2) is 11.1 Å². The number of rotatable bonds is 26. The molecule has 0 saturated heterocycles. The third-order valence-electron chi connectivity index (χ3n) is 6.86. The molecule has 1 atom stereocenters. The van der Waals surface area contributed by atoms with Crippen molar-refractivity contribution in [1.29, 1.82) is 0 Å². The van der Waals surface area contributed by atoms with Crippen LogP contribution >= 0.6 is 0 Å². The van der Waals surface area contributed by atoms with Gasteiger partial charge in [0.2, 0.25) is 0 Å². The first kappa shape index (κ1) is 31.2. The molecule has 0 aliphatic rings. The average molecular weight is 451 g/mol. The molecule has 32 heavy (non-hydrogen) atoms. The quantitative estimate of drug-likeness (QED) is 0.105. The number of carboxylic acid groups (broad SMARTS) is 1. The summed E-state index contributed by atoms with van der Waals surface area (Å²) >= 11 is 0. The molecule has 1 N–H and O–H groups in total. The van der Waals surface area contributed by atoms with Crippen LogP contribution in [0.5, 0.6) is 0 Å². The molecular formula is C30H58O2. The second kappa shape index (κ2) is 26.5. The van der Waals surface area contributed by atoms with Gasteiger partial charge in [-0.3, -0.25) is 4.79 Å². The van der Waals surface area contributed by atoms with Crippen molar-refractivity contribution >= 4 is 5.97 Å². The molecule has 0 aliphatic carbocycles. The van der Waals surface area contributed by atoms with E-state index in [1.54, 1.807) is 0 Å². The van der Waals surface area contributed by atoms with Crippen molar-refractivity contribution in [2.75, 3.05) is 0 Å². The lowest BCUT2D eigenvalue weighted by Gasteiger charge is -2.15. The minimum atomic E-state index is -0.629. The van der Waals surface area contributed by atoms with E-state index in [0.29, 0.717) is 12.3 Å². The standard InChI is InChI=1S/C30H58O2/c1-3-5-7-9-11-13-15-16-18-20-22-24-26-29(27-28-30(31)32)25-23-21-19-17-14-12-10-8-6-4-2/h16,18,29H,3-15,17,19-28H2,1-2H3,(H,31,32)/b18-16-. The summed E-state index contributed by atoms with van der Waals surface area (Å²) in [5.74, 6) is -0.0112. The number of carboxylic acids is 1. The maximum absolute atomic E-state index is 11.0. The number of unbranched alkanes of at least 4 members (excludes halogenated alkanes) is 17. The van der Waals surface area contributed by atoms with Gasteiger partial charge in [0.1, 0.15) is 0 Å². The normalized spacial score (nSPS) is 12.6. The Morgan fingerprint density at radius 2 is 0.938 bits per heavy atom. The molecule has 0 bridgehead atoms. The predicted molar refractivity (Wildman–Crippen MR) is 142 cm³/mol. The fraction of sp³-hybridized carbons (Fsp3) is 0.900. The Morgan fingerprint density at radius 1 is 0.562 bits per heavy atom. The van der Waals surface area contributed by atoms with Gasteiger partial charge in [0.15, 0.2) is 0 Å². The van der Waals surface area contributed by atoms with Crippen molar-refractivity contribution in [2.45, 2.75) is 168 Å². The van der Waals surface area contributed by atoms with Gasteiger partial charge < -0.3 is 5.11 Å². The molecule has 1 unspecified atom stereocenters. The Bertz CT molecular complexity index is 402. The predicted octanol–water partition coefficient (Wildman–Crippen LogP) is 10.6. The van der Waals surface area contributed by atoms with Crippen LogP contribution in [0, 0.1) is 5.92 Å². The van der Waals surface area contributed by atoms with E-state index in [0.717, 1.165) is 6.42 Å². The van der Waals surface area contributed by atoms with E-state index in [2.05, 4.69) is 26.0 Å². The maximum atomic E-state index is 11.0. The first-order valence-electron chi connectivity index (χ1n) is 14.6. The summed E-state index contributed by atoms with van der Waals surface area (Å²) in [6.45, 7) is 4.55. The van der Waals surface area contributed by atoms with Crippen molar-refractivity contribution in [3.05, 3.63) is 12.2 Å². The summed E-state index contributed by atoms with van der Waals surface area (Å²) in [7, 11) is 0. The van der Waals surface area contributed by atoms with E-state index >= 15 is 0 Å². The van der Waals surface area contributed by atoms with Crippen LogP contribution in [0.1, 0.15) is 168 Å². The van der Waals surface area contributed by atoms with Gasteiger partial charge in [-0.05, 0) is 38.0 Å². The number of hydrogen-bond acceptors (Lipinski definition) is 1. The zero-order chi connectivity index (χ0) is 23.5. The van der Waals surface area contributed by atoms with Crippen LogP contribution in [-0.2, 0) is 4.79 Å². The molecule has 0 amide bonds.